The number of piperidine rings is 1. The monoisotopic (exact) mass is 486 g/mol. The van der Waals surface area contributed by atoms with Crippen molar-refractivity contribution in [1.29, 1.82) is 0 Å². The van der Waals surface area contributed by atoms with Crippen LogP contribution in [0.2, 0.25) is 0 Å². The summed E-state index contributed by atoms with van der Waals surface area (Å²) < 4.78 is 44.3. The van der Waals surface area contributed by atoms with Gasteiger partial charge in [0.2, 0.25) is 5.91 Å². The van der Waals surface area contributed by atoms with Gasteiger partial charge in [-0.25, -0.2) is 4.79 Å². The number of carbonyl (C=O) groups excluding carboxylic acids is 2. The maximum absolute atomic E-state index is 13.1. The number of piperazine rings is 1. The number of anilines is 1. The Morgan fingerprint density at radius 1 is 1.06 bits per heavy atom. The average Bonchev–Trinajstić information content (AvgIpc) is 2.76. The van der Waals surface area contributed by atoms with Gasteiger partial charge in [0.25, 0.3) is 5.69 Å². The van der Waals surface area contributed by atoms with Crippen molar-refractivity contribution in [2.45, 2.75) is 45.4 Å². The fourth-order valence-corrected chi connectivity index (χ4v) is 4.21. The zero-order valence-corrected chi connectivity index (χ0v) is 19.4. The molecule has 0 bridgehead atoms. The molecular formula is C22H29F3N4O5. The molecule has 0 radical (unpaired) electrons. The van der Waals surface area contributed by atoms with Crippen LogP contribution in [0.5, 0.6) is 0 Å². The molecule has 2 amide bonds. The molecular weight excluding hydrogens is 457 g/mol. The Kier molecular flexibility index (Phi) is 7.27. The summed E-state index contributed by atoms with van der Waals surface area (Å²) in [6.07, 6.45) is -3.82. The highest BCUT2D eigenvalue weighted by Crippen LogP contribution is 2.37. The number of nitrogens with zero attached hydrogens (tertiary/aromatic N) is 4. The Morgan fingerprint density at radius 2 is 1.71 bits per heavy atom. The van der Waals surface area contributed by atoms with Crippen LogP contribution in [0.4, 0.5) is 29.3 Å². The van der Waals surface area contributed by atoms with Crippen LogP contribution in [0.1, 0.15) is 39.2 Å². The van der Waals surface area contributed by atoms with Crippen LogP contribution in [0.3, 0.4) is 0 Å². The van der Waals surface area contributed by atoms with Gasteiger partial charge in [-0.05, 0) is 45.7 Å². The molecule has 3 rings (SSSR count). The predicted molar refractivity (Wildman–Crippen MR) is 117 cm³/mol. The first kappa shape index (κ1) is 25.6. The SMILES string of the molecule is CC(C)(C)OC(=O)N1CCCC(C(=O)N2CCN(c3ccc(C(F)(F)F)cc3[N+](=O)[O-])CC2)C1. The Labute approximate surface area is 195 Å². The van der Waals surface area contributed by atoms with E-state index in [1.54, 1.807) is 35.5 Å². The van der Waals surface area contributed by atoms with E-state index in [-0.39, 0.29) is 50.2 Å². The lowest BCUT2D eigenvalue weighted by Gasteiger charge is -2.39. The van der Waals surface area contributed by atoms with Crippen LogP contribution in [0.15, 0.2) is 18.2 Å². The number of amides is 2. The molecule has 0 aromatic heterocycles. The molecule has 1 aromatic carbocycles. The summed E-state index contributed by atoms with van der Waals surface area (Å²) in [7, 11) is 0. The first-order chi connectivity index (χ1) is 15.8. The van der Waals surface area contributed by atoms with E-state index in [4.69, 9.17) is 4.74 Å². The normalized spacial score (nSPS) is 19.7. The minimum absolute atomic E-state index is 0.0962. The smallest absolute Gasteiger partial charge is 0.416 e. The van der Waals surface area contributed by atoms with Crippen molar-refractivity contribution in [3.05, 3.63) is 33.9 Å². The van der Waals surface area contributed by atoms with Crippen LogP contribution in [-0.4, -0.2) is 71.6 Å². The van der Waals surface area contributed by atoms with E-state index >= 15 is 0 Å². The summed E-state index contributed by atoms with van der Waals surface area (Å²) in [4.78, 5) is 40.8. The summed E-state index contributed by atoms with van der Waals surface area (Å²) >= 11 is 0. The van der Waals surface area contributed by atoms with Gasteiger partial charge in [-0.1, -0.05) is 0 Å². The number of hydrogen-bond donors (Lipinski definition) is 0. The molecule has 34 heavy (non-hydrogen) atoms. The van der Waals surface area contributed by atoms with E-state index < -0.39 is 34.0 Å². The molecule has 1 unspecified atom stereocenters. The van der Waals surface area contributed by atoms with Crippen molar-refractivity contribution >= 4 is 23.4 Å². The third-order valence-corrected chi connectivity index (χ3v) is 5.85. The van der Waals surface area contributed by atoms with Crippen molar-refractivity contribution < 1.29 is 32.4 Å². The van der Waals surface area contributed by atoms with Gasteiger partial charge < -0.3 is 19.4 Å². The zero-order chi connectivity index (χ0) is 25.3. The highest BCUT2D eigenvalue weighted by atomic mass is 19.4. The summed E-state index contributed by atoms with van der Waals surface area (Å²) in [5.74, 6) is -0.469. The molecule has 1 aromatic rings. The van der Waals surface area contributed by atoms with Crippen LogP contribution < -0.4 is 4.90 Å². The Morgan fingerprint density at radius 3 is 2.26 bits per heavy atom. The molecule has 2 heterocycles. The number of hydrogen-bond acceptors (Lipinski definition) is 6. The van der Waals surface area contributed by atoms with Crippen molar-refractivity contribution in [2.24, 2.45) is 5.92 Å². The van der Waals surface area contributed by atoms with Gasteiger partial charge in [0.15, 0.2) is 0 Å². The van der Waals surface area contributed by atoms with Crippen LogP contribution in [0, 0.1) is 16.0 Å². The zero-order valence-electron chi connectivity index (χ0n) is 19.4. The molecule has 1 atom stereocenters. The minimum Gasteiger partial charge on any atom is -0.444 e. The molecule has 2 saturated heterocycles. The summed E-state index contributed by atoms with van der Waals surface area (Å²) in [5, 5.41) is 11.4. The van der Waals surface area contributed by atoms with Crippen LogP contribution in [-0.2, 0) is 15.7 Å². The lowest BCUT2D eigenvalue weighted by Crippen LogP contribution is -2.53. The second-order valence-electron chi connectivity index (χ2n) is 9.54. The Bertz CT molecular complexity index is 939. The first-order valence-electron chi connectivity index (χ1n) is 11.1. The van der Waals surface area contributed by atoms with Gasteiger partial charge in [-0.2, -0.15) is 13.2 Å². The number of rotatable bonds is 3. The molecule has 12 heteroatoms. The largest absolute Gasteiger partial charge is 0.444 e. The molecule has 188 valence electrons. The molecule has 2 fully saturated rings. The second kappa shape index (κ2) is 9.67. The molecule has 0 spiro atoms. The standard InChI is InChI=1S/C22H29F3N4O5/c1-21(2,3)34-20(31)28-8-4-5-15(14-28)19(30)27-11-9-26(10-12-27)17-7-6-16(22(23,24)25)13-18(17)29(32)33/h6-7,13,15H,4-5,8-12,14H2,1-3H3. The van der Waals surface area contributed by atoms with Gasteiger partial charge in [-0.3, -0.25) is 14.9 Å². The lowest BCUT2D eigenvalue weighted by molar-refractivity contribution is -0.384. The number of likely N-dealkylation sites (tertiary alicyclic amines) is 1. The molecule has 9 nitrogen and oxygen atoms in total. The Balaban J connectivity index is 1.63. The number of carbonyl (C=O) groups is 2. The number of nitro groups is 1. The number of benzene rings is 1. The van der Waals surface area contributed by atoms with E-state index in [0.29, 0.717) is 25.5 Å². The quantitative estimate of drug-likeness (QED) is 0.475. The van der Waals surface area contributed by atoms with Gasteiger partial charge in [0, 0.05) is 45.3 Å². The van der Waals surface area contributed by atoms with Crippen LogP contribution >= 0.6 is 0 Å². The highest BCUT2D eigenvalue weighted by molar-refractivity contribution is 5.80. The van der Waals surface area contributed by atoms with E-state index in [0.717, 1.165) is 12.1 Å². The molecule has 0 aliphatic carbocycles. The molecule has 2 aliphatic rings. The van der Waals surface area contributed by atoms with Crippen molar-refractivity contribution in [2.75, 3.05) is 44.2 Å². The van der Waals surface area contributed by atoms with Gasteiger partial charge in [0.05, 0.1) is 16.4 Å². The average molecular weight is 486 g/mol. The van der Waals surface area contributed by atoms with E-state index in [2.05, 4.69) is 0 Å². The van der Waals surface area contributed by atoms with E-state index in [9.17, 15) is 32.9 Å². The maximum Gasteiger partial charge on any atom is 0.416 e. The lowest BCUT2D eigenvalue weighted by atomic mass is 9.96. The van der Waals surface area contributed by atoms with Gasteiger partial charge >= 0.3 is 12.3 Å². The Hall–Kier alpha value is -3.05. The summed E-state index contributed by atoms with van der Waals surface area (Å²) in [6, 6.07) is 2.48. The van der Waals surface area contributed by atoms with Crippen molar-refractivity contribution in [1.82, 2.24) is 9.80 Å². The second-order valence-corrected chi connectivity index (χ2v) is 9.54. The van der Waals surface area contributed by atoms with Gasteiger partial charge in [-0.15, -0.1) is 0 Å². The topological polar surface area (TPSA) is 96.2 Å². The predicted octanol–water partition coefficient (Wildman–Crippen LogP) is 3.91. The summed E-state index contributed by atoms with van der Waals surface area (Å²) in [5.41, 5.74) is -2.23. The maximum atomic E-state index is 13.1. The third-order valence-electron chi connectivity index (χ3n) is 5.85. The van der Waals surface area contributed by atoms with Crippen molar-refractivity contribution in [3.63, 3.8) is 0 Å². The van der Waals surface area contributed by atoms with E-state index in [1.165, 1.54) is 0 Å². The van der Waals surface area contributed by atoms with Crippen molar-refractivity contribution in [3.8, 4) is 0 Å². The number of halogens is 3. The number of ether oxygens (including phenoxy) is 1. The summed E-state index contributed by atoms with van der Waals surface area (Å²) in [6.45, 7) is 7.16. The number of nitro benzene ring substituents is 1. The number of alkyl halides is 3. The highest BCUT2D eigenvalue weighted by Gasteiger charge is 2.36. The molecule has 2 aliphatic heterocycles. The van der Waals surface area contributed by atoms with Gasteiger partial charge in [0.1, 0.15) is 11.3 Å². The molecule has 0 N–H and O–H groups in total. The van der Waals surface area contributed by atoms with E-state index in [1.807, 2.05) is 0 Å². The third kappa shape index (κ3) is 6.09. The fourth-order valence-electron chi connectivity index (χ4n) is 4.21. The minimum atomic E-state index is -4.68. The molecule has 0 saturated carbocycles. The fraction of sp³-hybridized carbons (Fsp3) is 0.636. The van der Waals surface area contributed by atoms with Crippen LogP contribution in [0.25, 0.3) is 0 Å². The first-order valence-corrected chi connectivity index (χ1v) is 11.1.